The van der Waals surface area contributed by atoms with Gasteiger partial charge in [-0.3, -0.25) is 57.4 Å². The second kappa shape index (κ2) is 40.0. The molecule has 8 atom stereocenters. The van der Waals surface area contributed by atoms with Gasteiger partial charge in [-0.1, -0.05) is 127 Å². The van der Waals surface area contributed by atoms with Gasteiger partial charge in [0.1, 0.15) is 0 Å². The summed E-state index contributed by atoms with van der Waals surface area (Å²) in [6.45, 7) is 5.08. The van der Waals surface area contributed by atoms with Crippen LogP contribution in [0, 0.1) is 6.92 Å². The average Bonchev–Trinajstić information content (AvgIpc) is 0.762. The van der Waals surface area contributed by atoms with E-state index in [2.05, 4.69) is 104 Å². The zero-order valence-electron chi connectivity index (χ0n) is 73.4. The van der Waals surface area contributed by atoms with Crippen molar-refractivity contribution in [3.8, 4) is 22.5 Å². The van der Waals surface area contributed by atoms with Crippen LogP contribution in [0.5, 0.6) is 0 Å². The molecule has 13 heterocycles. The van der Waals surface area contributed by atoms with E-state index in [1.54, 1.807) is 76.6 Å². The Hall–Kier alpha value is -13.4. The molecule has 22 rings (SSSR count). The third-order valence-corrected chi connectivity index (χ3v) is 26.8. The smallest absolute Gasteiger partial charge is 0.261 e. The molecule has 0 spiro atoms. The normalized spacial score (nSPS) is 18.6. The Balaban J connectivity index is 0.000000115. The third kappa shape index (κ3) is 18.8. The maximum Gasteiger partial charge on any atom is 0.261 e. The number of fused-ring (bicyclic) bond motifs is 12. The maximum absolute atomic E-state index is 13.6. The zero-order valence-corrected chi connectivity index (χ0v) is 75.0. The zero-order chi connectivity index (χ0) is 91.2. The number of benzene rings is 9. The number of ether oxygens (including phenoxy) is 4. The molecule has 0 bridgehead atoms. The summed E-state index contributed by atoms with van der Waals surface area (Å²) in [6.07, 6.45) is 24.9. The lowest BCUT2D eigenvalue weighted by Gasteiger charge is -2.29. The second-order valence-corrected chi connectivity index (χ2v) is 35.5. The van der Waals surface area contributed by atoms with Gasteiger partial charge in [-0.05, 0) is 204 Å². The Bertz CT molecular complexity index is 7610. The number of aryl methyl sites for hydroxylation is 1. The van der Waals surface area contributed by atoms with Crippen LogP contribution >= 0.6 is 23.5 Å². The van der Waals surface area contributed by atoms with Gasteiger partial charge >= 0.3 is 0 Å². The molecule has 0 aliphatic carbocycles. The largest absolute Gasteiger partial charge is 0.391 e. The summed E-state index contributed by atoms with van der Waals surface area (Å²) in [5.74, 6) is 0. The first kappa shape index (κ1) is 88.9. The summed E-state index contributed by atoms with van der Waals surface area (Å²) < 4.78 is 27.9. The molecule has 28 heteroatoms. The molecule has 0 amide bonds. The van der Waals surface area contributed by atoms with Crippen LogP contribution < -0.4 is 22.2 Å². The highest BCUT2D eigenvalue weighted by molar-refractivity contribution is 7.98. The predicted octanol–water partition coefficient (Wildman–Crippen LogP) is 15.3. The topological polar surface area (TPSA) is 335 Å². The van der Waals surface area contributed by atoms with E-state index in [0.29, 0.717) is 135 Å². The fourth-order valence-corrected chi connectivity index (χ4v) is 19.4. The fourth-order valence-electron chi connectivity index (χ4n) is 18.6. The van der Waals surface area contributed by atoms with Crippen molar-refractivity contribution in [3.63, 3.8) is 0 Å². The highest BCUT2D eigenvalue weighted by atomic mass is 32.2. The van der Waals surface area contributed by atoms with Crippen molar-refractivity contribution >= 4 is 110 Å². The number of nitrogens with zero attached hydrogens (tertiary/aromatic N) is 14. The molecule has 4 aliphatic rings. The molecule has 670 valence electrons. The van der Waals surface area contributed by atoms with E-state index in [1.165, 1.54) is 9.13 Å². The molecular weight excluding hydrogens is 1710 g/mol. The minimum absolute atomic E-state index is 0.133. The Labute approximate surface area is 772 Å². The van der Waals surface area contributed by atoms with Crippen LogP contribution in [0.15, 0.2) is 292 Å². The van der Waals surface area contributed by atoms with E-state index < -0.39 is 36.5 Å². The second-order valence-electron chi connectivity index (χ2n) is 33.9. The van der Waals surface area contributed by atoms with E-state index in [1.807, 2.05) is 184 Å². The number of thioether (sulfide) groups is 2. The van der Waals surface area contributed by atoms with Gasteiger partial charge in [0.25, 0.3) is 22.2 Å². The predicted molar refractivity (Wildman–Crippen MR) is 519 cm³/mol. The molecule has 4 N–H and O–H groups in total. The van der Waals surface area contributed by atoms with Gasteiger partial charge in [0.15, 0.2) is 0 Å². The number of hydrogen-bond acceptors (Lipinski definition) is 24. The molecule has 4 saturated heterocycles. The molecule has 0 unspecified atom stereocenters. The molecule has 0 radical (unpaired) electrons. The molecule has 18 aromatic rings. The van der Waals surface area contributed by atoms with Crippen molar-refractivity contribution in [3.05, 3.63) is 354 Å². The summed E-state index contributed by atoms with van der Waals surface area (Å²) in [6, 6.07) is 63.1. The quantitative estimate of drug-likeness (QED) is 0.0516. The Kier molecular flexibility index (Phi) is 26.7. The van der Waals surface area contributed by atoms with Crippen LogP contribution in [0.25, 0.3) is 109 Å². The lowest BCUT2D eigenvalue weighted by Crippen LogP contribution is -2.39. The summed E-state index contributed by atoms with van der Waals surface area (Å²) >= 11 is 3.22. The molecule has 133 heavy (non-hydrogen) atoms. The van der Waals surface area contributed by atoms with Crippen molar-refractivity contribution in [2.45, 2.75) is 117 Å². The van der Waals surface area contributed by atoms with Gasteiger partial charge in [-0.25, -0.2) is 29.9 Å². The van der Waals surface area contributed by atoms with Gasteiger partial charge in [0.05, 0.1) is 172 Å². The standard InChI is InChI=1S/C29H26N4O3S.C28H24N4O3.C24H23N3O3S.C24H23N3O3/c1-37-27-9-7-19(15-31-27)24-8-6-18(14-30-24)12-20-13-23-28(22-5-3-2-4-21(20)22)32-17-33(29(23)35)25-10-11-36-16-26(25)34;33-26-16-35-12-9-25(26)32-17-31-27-22-4-2-1-3-21(22)20(14-23(27)28(32)34)13-18-5-7-19(8-6-18)24-15-29-10-11-30-24;1-31-22-11-15(6-8-25-22)10-16-12-19-23(18-5-3-2-4-17(16)18)26-14-27(24(19)29)20-13-30-9-7-21(20)28;1-15-10-16(6-8-25-15)11-17-12-20-23(19-5-3-2-4-18(17)19)26-14-27(24(20)29)21-13-30-9-7-22(21)28/h2-9,13-15,17,25-26,34H,10-12,16H2,1H3;1-8,10-11,14-15,17,25-26,33H,9,12-13,16H2;2-6,8,11-12,14,20-21,28H,7,9-10,13H2,1H3;2-6,8,10,12,14,21-22,28H,7,9,11,13H2,1H3/t2*25-,26-;20-,21-;21-,22-/m0000/s1. The van der Waals surface area contributed by atoms with Crippen LogP contribution in [0.1, 0.15) is 100 Å². The Morgan fingerprint density at radius 3 is 1.11 bits per heavy atom. The number of aliphatic hydroxyl groups is 4. The van der Waals surface area contributed by atoms with Crippen LogP contribution in [-0.4, -0.2) is 178 Å². The van der Waals surface area contributed by atoms with E-state index in [0.717, 1.165) is 126 Å². The minimum Gasteiger partial charge on any atom is -0.391 e. The van der Waals surface area contributed by atoms with Crippen LogP contribution in [-0.2, 0) is 44.6 Å². The van der Waals surface area contributed by atoms with E-state index in [-0.39, 0.29) is 47.5 Å². The third-order valence-electron chi connectivity index (χ3n) is 25.5. The molecule has 4 fully saturated rings. The van der Waals surface area contributed by atoms with Gasteiger partial charge in [-0.15, -0.1) is 23.5 Å². The van der Waals surface area contributed by atoms with Gasteiger partial charge in [0.2, 0.25) is 0 Å². The lowest BCUT2D eigenvalue weighted by molar-refractivity contribution is -0.0395. The van der Waals surface area contributed by atoms with Gasteiger partial charge < -0.3 is 39.4 Å². The van der Waals surface area contributed by atoms with Crippen molar-refractivity contribution in [2.75, 3.05) is 65.4 Å². The van der Waals surface area contributed by atoms with Gasteiger partial charge in [0, 0.05) is 102 Å². The molecular formula is C105H96N14O12S2. The molecule has 9 aromatic heterocycles. The summed E-state index contributed by atoms with van der Waals surface area (Å²) in [7, 11) is 0. The maximum atomic E-state index is 13.6. The molecule has 0 saturated carbocycles. The molecule has 26 nitrogen and oxygen atoms in total. The summed E-state index contributed by atoms with van der Waals surface area (Å²) in [5.41, 5.74) is 15.5. The highest BCUT2D eigenvalue weighted by Gasteiger charge is 2.32. The minimum atomic E-state index is -0.734. The molecule has 4 aliphatic heterocycles. The summed E-state index contributed by atoms with van der Waals surface area (Å²) in [4.78, 5) is 99.0. The number of hydrogen-bond donors (Lipinski definition) is 4. The van der Waals surface area contributed by atoms with Crippen LogP contribution in [0.3, 0.4) is 0 Å². The van der Waals surface area contributed by atoms with Crippen molar-refractivity contribution in [2.24, 2.45) is 0 Å². The first-order valence-corrected chi connectivity index (χ1v) is 46.9. The summed E-state index contributed by atoms with van der Waals surface area (Å²) in [5, 5.41) is 54.0. The van der Waals surface area contributed by atoms with E-state index in [4.69, 9.17) is 18.9 Å². The Morgan fingerprint density at radius 2 is 0.714 bits per heavy atom. The van der Waals surface area contributed by atoms with Gasteiger partial charge in [-0.2, -0.15) is 0 Å². The first-order chi connectivity index (χ1) is 65.1. The SMILES string of the molecule is CSc1cc(Cc2cc3c(=O)n([C@H]4COCC[C@@H]4O)cnc3c3ccccc23)ccn1.CSc1ccc(-c2ccc(Cc3cc4c(=O)n([C@H]5CCOC[C@@H]5O)cnc4c4ccccc34)cn2)cn1.Cc1cc(Cc2cc3c(=O)n([C@H]4COCC[C@@H]4O)cnc3c3ccccc23)ccn1.O=c1c2cc(Cc3ccc(-c4cnccn4)cc3)c3ccccc3c2ncn1[C@H]1CCOC[C@@H]1O. The van der Waals surface area contributed by atoms with Crippen molar-refractivity contribution in [1.29, 1.82) is 0 Å². The number of aliphatic hydroxyl groups excluding tert-OH is 4. The monoisotopic (exact) mass is 1810 g/mol. The van der Waals surface area contributed by atoms with Crippen molar-refractivity contribution in [1.82, 2.24) is 68.1 Å². The number of pyridine rings is 4. The average molecular weight is 1810 g/mol. The Morgan fingerprint density at radius 1 is 0.316 bits per heavy atom. The van der Waals surface area contributed by atoms with Crippen LogP contribution in [0.2, 0.25) is 0 Å². The van der Waals surface area contributed by atoms with Crippen molar-refractivity contribution < 1.29 is 39.4 Å². The number of aromatic nitrogens is 14. The lowest BCUT2D eigenvalue weighted by atomic mass is 9.95. The first-order valence-electron chi connectivity index (χ1n) is 44.5. The van der Waals surface area contributed by atoms with E-state index >= 15 is 0 Å². The molecule has 9 aromatic carbocycles. The van der Waals surface area contributed by atoms with E-state index in [9.17, 15) is 39.6 Å². The number of rotatable bonds is 16. The van der Waals surface area contributed by atoms with Crippen LogP contribution in [0.4, 0.5) is 0 Å². The fraction of sp³-hybridized carbons (Fsp3) is 0.257. The highest BCUT2D eigenvalue weighted by Crippen LogP contribution is 2.36.